The van der Waals surface area contributed by atoms with Gasteiger partial charge in [-0.05, 0) is 12.1 Å². The van der Waals surface area contributed by atoms with Gasteiger partial charge in [0.05, 0.1) is 12.7 Å². The highest BCUT2D eigenvalue weighted by Gasteiger charge is 2.21. The Morgan fingerprint density at radius 2 is 2.06 bits per heavy atom. The van der Waals surface area contributed by atoms with E-state index in [0.29, 0.717) is 5.39 Å². The fraction of sp³-hybridized carbons (Fsp3) is 0.0769. The molecule has 0 radical (unpaired) electrons. The van der Waals surface area contributed by atoms with Gasteiger partial charge in [-0.15, -0.1) is 0 Å². The standard InChI is InChI=1S/C13H11NO3/c1-3-10(15)12-11(13(16)17-2)8-6-4-5-7-9(8)14-12/h3-7,14H,1H2,2H3. The van der Waals surface area contributed by atoms with Gasteiger partial charge in [-0.25, -0.2) is 4.79 Å². The number of ketones is 1. The molecule has 0 saturated carbocycles. The minimum Gasteiger partial charge on any atom is -0.465 e. The lowest BCUT2D eigenvalue weighted by atomic mass is 10.1. The predicted octanol–water partition coefficient (Wildman–Crippen LogP) is 2.32. The summed E-state index contributed by atoms with van der Waals surface area (Å²) in [4.78, 5) is 26.3. The van der Waals surface area contributed by atoms with E-state index < -0.39 is 5.97 Å². The van der Waals surface area contributed by atoms with Gasteiger partial charge in [0.15, 0.2) is 0 Å². The van der Waals surface area contributed by atoms with Crippen LogP contribution in [0.1, 0.15) is 20.8 Å². The zero-order valence-electron chi connectivity index (χ0n) is 9.32. The molecule has 2 rings (SSSR count). The summed E-state index contributed by atoms with van der Waals surface area (Å²) in [6, 6.07) is 7.17. The number of ether oxygens (including phenoxy) is 1. The molecule has 0 atom stereocenters. The quantitative estimate of drug-likeness (QED) is 0.499. The van der Waals surface area contributed by atoms with Gasteiger partial charge in [0, 0.05) is 10.9 Å². The molecule has 0 spiro atoms. The molecule has 4 nitrogen and oxygen atoms in total. The highest BCUT2D eigenvalue weighted by Crippen LogP contribution is 2.23. The number of rotatable bonds is 3. The van der Waals surface area contributed by atoms with E-state index in [-0.39, 0.29) is 17.0 Å². The molecule has 0 saturated heterocycles. The van der Waals surface area contributed by atoms with Crippen LogP contribution in [0.3, 0.4) is 0 Å². The van der Waals surface area contributed by atoms with Crippen molar-refractivity contribution in [3.05, 3.63) is 48.2 Å². The van der Waals surface area contributed by atoms with Crippen LogP contribution in [0.15, 0.2) is 36.9 Å². The maximum absolute atomic E-state index is 11.7. The number of carbonyl (C=O) groups is 2. The van der Waals surface area contributed by atoms with Gasteiger partial charge >= 0.3 is 5.97 Å². The lowest BCUT2D eigenvalue weighted by molar-refractivity contribution is 0.0600. The summed E-state index contributed by atoms with van der Waals surface area (Å²) in [6.45, 7) is 3.41. The van der Waals surface area contributed by atoms with E-state index >= 15 is 0 Å². The second-order valence-corrected chi connectivity index (χ2v) is 3.48. The van der Waals surface area contributed by atoms with Crippen molar-refractivity contribution in [2.45, 2.75) is 0 Å². The number of aromatic amines is 1. The highest BCUT2D eigenvalue weighted by atomic mass is 16.5. The molecule has 4 heteroatoms. The Morgan fingerprint density at radius 3 is 2.71 bits per heavy atom. The normalized spacial score (nSPS) is 10.2. The first-order chi connectivity index (χ1) is 8.19. The van der Waals surface area contributed by atoms with Crippen molar-refractivity contribution in [3.63, 3.8) is 0 Å². The van der Waals surface area contributed by atoms with Gasteiger partial charge < -0.3 is 9.72 Å². The van der Waals surface area contributed by atoms with E-state index in [1.54, 1.807) is 18.2 Å². The molecular formula is C13H11NO3. The Bertz CT molecular complexity index is 610. The summed E-state index contributed by atoms with van der Waals surface area (Å²) in [5, 5.41) is 0.671. The number of fused-ring (bicyclic) bond motifs is 1. The summed E-state index contributed by atoms with van der Waals surface area (Å²) in [5.41, 5.74) is 1.19. The van der Waals surface area contributed by atoms with Crippen LogP contribution in [-0.2, 0) is 4.74 Å². The van der Waals surface area contributed by atoms with Crippen LogP contribution in [0.4, 0.5) is 0 Å². The lowest BCUT2D eigenvalue weighted by Gasteiger charge is -1.99. The third-order valence-electron chi connectivity index (χ3n) is 2.53. The van der Waals surface area contributed by atoms with E-state index in [2.05, 4.69) is 11.6 Å². The van der Waals surface area contributed by atoms with E-state index in [4.69, 9.17) is 4.74 Å². The summed E-state index contributed by atoms with van der Waals surface area (Å²) < 4.78 is 4.69. The number of hydrogen-bond acceptors (Lipinski definition) is 3. The topological polar surface area (TPSA) is 59.2 Å². The van der Waals surface area contributed by atoms with Crippen molar-refractivity contribution < 1.29 is 14.3 Å². The Hall–Kier alpha value is -2.36. The van der Waals surface area contributed by atoms with Crippen LogP contribution in [0.2, 0.25) is 0 Å². The Labute approximate surface area is 97.9 Å². The summed E-state index contributed by atoms with van der Waals surface area (Å²) >= 11 is 0. The van der Waals surface area contributed by atoms with Gasteiger partial charge in [-0.1, -0.05) is 24.8 Å². The number of allylic oxidation sites excluding steroid dienone is 1. The van der Waals surface area contributed by atoms with Crippen molar-refractivity contribution in [3.8, 4) is 0 Å². The molecule has 0 aliphatic rings. The number of methoxy groups -OCH3 is 1. The molecule has 17 heavy (non-hydrogen) atoms. The minimum atomic E-state index is -0.535. The average molecular weight is 229 g/mol. The van der Waals surface area contributed by atoms with Crippen LogP contribution >= 0.6 is 0 Å². The number of hydrogen-bond donors (Lipinski definition) is 1. The molecule has 1 aromatic heterocycles. The zero-order valence-corrected chi connectivity index (χ0v) is 9.32. The fourth-order valence-electron chi connectivity index (χ4n) is 1.74. The third kappa shape index (κ3) is 1.73. The monoisotopic (exact) mass is 229 g/mol. The first kappa shape index (κ1) is 11.1. The Morgan fingerprint density at radius 1 is 1.35 bits per heavy atom. The second-order valence-electron chi connectivity index (χ2n) is 3.48. The van der Waals surface area contributed by atoms with Crippen molar-refractivity contribution in [1.82, 2.24) is 4.98 Å². The molecule has 0 bridgehead atoms. The van der Waals surface area contributed by atoms with Gasteiger partial charge in [0.1, 0.15) is 5.69 Å². The SMILES string of the molecule is C=CC(=O)c1[nH]c2ccccc2c1C(=O)OC. The van der Waals surface area contributed by atoms with Crippen LogP contribution in [-0.4, -0.2) is 23.8 Å². The van der Waals surface area contributed by atoms with E-state index in [9.17, 15) is 9.59 Å². The number of aromatic nitrogens is 1. The molecule has 0 aliphatic carbocycles. The van der Waals surface area contributed by atoms with Gasteiger partial charge in [-0.3, -0.25) is 4.79 Å². The third-order valence-corrected chi connectivity index (χ3v) is 2.53. The molecule has 1 aromatic carbocycles. The molecule has 0 amide bonds. The summed E-state index contributed by atoms with van der Waals surface area (Å²) in [5.74, 6) is -0.866. The van der Waals surface area contributed by atoms with E-state index in [1.165, 1.54) is 7.11 Å². The van der Waals surface area contributed by atoms with Gasteiger partial charge in [0.2, 0.25) is 5.78 Å². The molecular weight excluding hydrogens is 218 g/mol. The Balaban J connectivity index is 2.78. The molecule has 0 aliphatic heterocycles. The fourth-order valence-corrected chi connectivity index (χ4v) is 1.74. The van der Waals surface area contributed by atoms with Crippen molar-refractivity contribution >= 4 is 22.7 Å². The van der Waals surface area contributed by atoms with Crippen molar-refractivity contribution in [2.24, 2.45) is 0 Å². The highest BCUT2D eigenvalue weighted by molar-refractivity contribution is 6.17. The molecule has 86 valence electrons. The summed E-state index contributed by atoms with van der Waals surface area (Å²) in [7, 11) is 1.28. The Kier molecular flexibility index (Phi) is 2.78. The minimum absolute atomic E-state index is 0.216. The van der Waals surface area contributed by atoms with E-state index in [1.807, 2.05) is 6.07 Å². The van der Waals surface area contributed by atoms with Crippen LogP contribution in [0.5, 0.6) is 0 Å². The van der Waals surface area contributed by atoms with Crippen LogP contribution < -0.4 is 0 Å². The number of nitrogens with one attached hydrogen (secondary N) is 1. The molecule has 0 unspecified atom stereocenters. The largest absolute Gasteiger partial charge is 0.465 e. The zero-order chi connectivity index (χ0) is 12.4. The smallest absolute Gasteiger partial charge is 0.340 e. The van der Waals surface area contributed by atoms with E-state index in [0.717, 1.165) is 11.6 Å². The molecule has 1 heterocycles. The second kappa shape index (κ2) is 4.25. The lowest BCUT2D eigenvalue weighted by Crippen LogP contribution is -2.07. The summed E-state index contributed by atoms with van der Waals surface area (Å²) in [6.07, 6.45) is 1.16. The molecule has 0 fully saturated rings. The predicted molar refractivity (Wildman–Crippen MR) is 64.2 cm³/mol. The number of H-pyrrole nitrogens is 1. The van der Waals surface area contributed by atoms with Gasteiger partial charge in [0.25, 0.3) is 0 Å². The first-order valence-electron chi connectivity index (χ1n) is 5.04. The van der Waals surface area contributed by atoms with Crippen LogP contribution in [0.25, 0.3) is 10.9 Å². The maximum Gasteiger partial charge on any atom is 0.340 e. The molecule has 2 aromatic rings. The van der Waals surface area contributed by atoms with Crippen molar-refractivity contribution in [1.29, 1.82) is 0 Å². The van der Waals surface area contributed by atoms with Crippen molar-refractivity contribution in [2.75, 3.05) is 7.11 Å². The van der Waals surface area contributed by atoms with Crippen LogP contribution in [0, 0.1) is 0 Å². The van der Waals surface area contributed by atoms with Gasteiger partial charge in [-0.2, -0.15) is 0 Å². The number of esters is 1. The number of carbonyl (C=O) groups excluding carboxylic acids is 2. The number of para-hydroxylation sites is 1. The average Bonchev–Trinajstić information content (AvgIpc) is 2.76. The first-order valence-corrected chi connectivity index (χ1v) is 5.04. The molecule has 1 N–H and O–H groups in total. The maximum atomic E-state index is 11.7. The number of benzene rings is 1.